The van der Waals surface area contributed by atoms with Gasteiger partial charge in [-0.25, -0.2) is 4.98 Å². The average Bonchev–Trinajstić information content (AvgIpc) is 3.25. The third-order valence-corrected chi connectivity index (χ3v) is 5.29. The number of hydrogen-bond acceptors (Lipinski definition) is 6. The van der Waals surface area contributed by atoms with E-state index in [4.69, 9.17) is 9.40 Å². The van der Waals surface area contributed by atoms with Gasteiger partial charge in [0.2, 0.25) is 5.95 Å². The Morgan fingerprint density at radius 1 is 1.03 bits per heavy atom. The standard InChI is InChI=1S/C22H25N5O2/c1-15-6-4-7-18(17(15)3)24-20-14-16(2)23-22(25-20)27-11-9-26(10-12-27)21(28)19-8-5-13-29-19/h4-8,13-14H,9-12H2,1-3H3,(H,23,24,25). The number of amides is 1. The van der Waals surface area contributed by atoms with E-state index in [-0.39, 0.29) is 5.91 Å². The summed E-state index contributed by atoms with van der Waals surface area (Å²) in [6.07, 6.45) is 1.52. The zero-order chi connectivity index (χ0) is 20.4. The van der Waals surface area contributed by atoms with Crippen LogP contribution in [-0.2, 0) is 0 Å². The van der Waals surface area contributed by atoms with Gasteiger partial charge in [0.05, 0.1) is 6.26 Å². The number of carbonyl (C=O) groups excluding carboxylic acids is 1. The van der Waals surface area contributed by atoms with Gasteiger partial charge in [-0.2, -0.15) is 4.98 Å². The lowest BCUT2D eigenvalue weighted by molar-refractivity contribution is 0.0714. The summed E-state index contributed by atoms with van der Waals surface area (Å²) in [6, 6.07) is 11.6. The van der Waals surface area contributed by atoms with Gasteiger partial charge in [-0.15, -0.1) is 0 Å². The number of anilines is 3. The van der Waals surface area contributed by atoms with E-state index in [2.05, 4.69) is 41.2 Å². The molecule has 0 atom stereocenters. The maximum Gasteiger partial charge on any atom is 0.289 e. The fourth-order valence-corrected chi connectivity index (χ4v) is 3.45. The van der Waals surface area contributed by atoms with Crippen LogP contribution in [0.5, 0.6) is 0 Å². The van der Waals surface area contributed by atoms with Crippen molar-refractivity contribution in [3.8, 4) is 0 Å². The number of aromatic nitrogens is 2. The Balaban J connectivity index is 1.47. The van der Waals surface area contributed by atoms with Crippen molar-refractivity contribution < 1.29 is 9.21 Å². The first kappa shape index (κ1) is 19.0. The molecule has 2 aromatic heterocycles. The Morgan fingerprint density at radius 2 is 1.83 bits per heavy atom. The van der Waals surface area contributed by atoms with Gasteiger partial charge < -0.3 is 19.5 Å². The van der Waals surface area contributed by atoms with E-state index in [0.29, 0.717) is 37.9 Å². The van der Waals surface area contributed by atoms with Crippen LogP contribution in [-0.4, -0.2) is 47.0 Å². The Bertz CT molecular complexity index is 1010. The first-order valence-electron chi connectivity index (χ1n) is 9.78. The normalized spacial score (nSPS) is 14.2. The molecule has 0 bridgehead atoms. The molecular formula is C22H25N5O2. The predicted molar refractivity (Wildman–Crippen MR) is 113 cm³/mol. The van der Waals surface area contributed by atoms with Crippen LogP contribution in [0.4, 0.5) is 17.5 Å². The van der Waals surface area contributed by atoms with Gasteiger partial charge >= 0.3 is 0 Å². The highest BCUT2D eigenvalue weighted by atomic mass is 16.3. The summed E-state index contributed by atoms with van der Waals surface area (Å²) in [5.41, 5.74) is 4.38. The van der Waals surface area contributed by atoms with E-state index in [9.17, 15) is 4.79 Å². The van der Waals surface area contributed by atoms with Gasteiger partial charge in [-0.05, 0) is 50.1 Å². The number of furan rings is 1. The highest BCUT2D eigenvalue weighted by molar-refractivity contribution is 5.91. The Morgan fingerprint density at radius 3 is 2.55 bits per heavy atom. The molecule has 4 rings (SSSR count). The molecule has 1 aliphatic heterocycles. The third kappa shape index (κ3) is 4.08. The zero-order valence-electron chi connectivity index (χ0n) is 17.0. The van der Waals surface area contributed by atoms with Crippen LogP contribution in [0.15, 0.2) is 47.1 Å². The van der Waals surface area contributed by atoms with Crippen LogP contribution in [0.2, 0.25) is 0 Å². The number of hydrogen-bond donors (Lipinski definition) is 1. The van der Waals surface area contributed by atoms with Crippen molar-refractivity contribution in [3.63, 3.8) is 0 Å². The summed E-state index contributed by atoms with van der Waals surface area (Å²) in [4.78, 5) is 25.7. The first-order valence-corrected chi connectivity index (χ1v) is 9.78. The predicted octanol–water partition coefficient (Wildman–Crippen LogP) is 3.70. The minimum atomic E-state index is -0.0721. The van der Waals surface area contributed by atoms with Crippen LogP contribution in [0.1, 0.15) is 27.4 Å². The van der Waals surface area contributed by atoms with Gasteiger partial charge in [0, 0.05) is 43.6 Å². The van der Waals surface area contributed by atoms with Crippen molar-refractivity contribution in [2.45, 2.75) is 20.8 Å². The van der Waals surface area contributed by atoms with Crippen LogP contribution in [0.3, 0.4) is 0 Å². The van der Waals surface area contributed by atoms with Gasteiger partial charge in [-0.3, -0.25) is 4.79 Å². The van der Waals surface area contributed by atoms with E-state index in [1.54, 1.807) is 17.0 Å². The second-order valence-electron chi connectivity index (χ2n) is 7.32. The number of piperazine rings is 1. The summed E-state index contributed by atoms with van der Waals surface area (Å²) in [6.45, 7) is 8.74. The fraction of sp³-hybridized carbons (Fsp3) is 0.318. The molecule has 1 aromatic carbocycles. The molecule has 1 N–H and O–H groups in total. The quantitative estimate of drug-likeness (QED) is 0.731. The van der Waals surface area contributed by atoms with Crippen LogP contribution >= 0.6 is 0 Å². The molecule has 0 spiro atoms. The van der Waals surface area contributed by atoms with E-state index in [0.717, 1.165) is 17.2 Å². The molecule has 3 heterocycles. The molecule has 1 amide bonds. The lowest BCUT2D eigenvalue weighted by atomic mass is 10.1. The Labute approximate surface area is 170 Å². The largest absolute Gasteiger partial charge is 0.459 e. The molecule has 1 saturated heterocycles. The molecule has 0 unspecified atom stereocenters. The SMILES string of the molecule is Cc1cc(Nc2cccc(C)c2C)nc(N2CCN(C(=O)c3ccco3)CC2)n1. The molecule has 29 heavy (non-hydrogen) atoms. The van der Waals surface area contributed by atoms with Crippen LogP contribution in [0.25, 0.3) is 0 Å². The zero-order valence-corrected chi connectivity index (χ0v) is 17.0. The maximum atomic E-state index is 12.4. The Hall–Kier alpha value is -3.35. The van der Waals surface area contributed by atoms with Crippen molar-refractivity contribution in [2.75, 3.05) is 36.4 Å². The first-order chi connectivity index (χ1) is 14.0. The Kier molecular flexibility index (Phi) is 5.20. The summed E-state index contributed by atoms with van der Waals surface area (Å²) in [5.74, 6) is 1.76. The summed E-state index contributed by atoms with van der Waals surface area (Å²) < 4.78 is 5.23. The van der Waals surface area contributed by atoms with Crippen molar-refractivity contribution >= 4 is 23.4 Å². The summed E-state index contributed by atoms with van der Waals surface area (Å²) in [7, 11) is 0. The number of rotatable bonds is 4. The van der Waals surface area contributed by atoms with E-state index in [1.807, 2.05) is 19.1 Å². The van der Waals surface area contributed by atoms with E-state index < -0.39 is 0 Å². The molecule has 7 nitrogen and oxygen atoms in total. The monoisotopic (exact) mass is 391 g/mol. The molecule has 1 fully saturated rings. The summed E-state index contributed by atoms with van der Waals surface area (Å²) >= 11 is 0. The van der Waals surface area contributed by atoms with Crippen LogP contribution < -0.4 is 10.2 Å². The van der Waals surface area contributed by atoms with Crippen molar-refractivity contribution in [1.29, 1.82) is 0 Å². The van der Waals surface area contributed by atoms with Crippen molar-refractivity contribution in [1.82, 2.24) is 14.9 Å². The number of aryl methyl sites for hydroxylation is 2. The lowest BCUT2D eigenvalue weighted by Gasteiger charge is -2.34. The second-order valence-corrected chi connectivity index (χ2v) is 7.32. The molecule has 0 saturated carbocycles. The molecule has 7 heteroatoms. The van der Waals surface area contributed by atoms with Crippen molar-refractivity contribution in [2.24, 2.45) is 0 Å². The van der Waals surface area contributed by atoms with Crippen molar-refractivity contribution in [3.05, 3.63) is 65.2 Å². The van der Waals surface area contributed by atoms with E-state index in [1.165, 1.54) is 17.4 Å². The smallest absolute Gasteiger partial charge is 0.289 e. The van der Waals surface area contributed by atoms with Gasteiger partial charge in [0.1, 0.15) is 5.82 Å². The molecular weight excluding hydrogens is 366 g/mol. The topological polar surface area (TPSA) is 74.5 Å². The molecule has 150 valence electrons. The third-order valence-electron chi connectivity index (χ3n) is 5.29. The fourth-order valence-electron chi connectivity index (χ4n) is 3.45. The van der Waals surface area contributed by atoms with Gasteiger partial charge in [-0.1, -0.05) is 12.1 Å². The molecule has 3 aromatic rings. The number of carbonyl (C=O) groups is 1. The van der Waals surface area contributed by atoms with E-state index >= 15 is 0 Å². The van der Waals surface area contributed by atoms with Gasteiger partial charge in [0.15, 0.2) is 5.76 Å². The molecule has 0 aliphatic carbocycles. The average molecular weight is 391 g/mol. The highest BCUT2D eigenvalue weighted by Gasteiger charge is 2.25. The number of benzene rings is 1. The summed E-state index contributed by atoms with van der Waals surface area (Å²) in [5, 5.41) is 3.42. The highest BCUT2D eigenvalue weighted by Crippen LogP contribution is 2.24. The maximum absolute atomic E-state index is 12.4. The minimum Gasteiger partial charge on any atom is -0.459 e. The number of nitrogens with zero attached hydrogens (tertiary/aromatic N) is 4. The number of nitrogens with one attached hydrogen (secondary N) is 1. The minimum absolute atomic E-state index is 0.0721. The second kappa shape index (κ2) is 7.95. The lowest BCUT2D eigenvalue weighted by Crippen LogP contribution is -2.49. The molecule has 0 radical (unpaired) electrons. The van der Waals surface area contributed by atoms with Gasteiger partial charge in [0.25, 0.3) is 5.91 Å². The van der Waals surface area contributed by atoms with Crippen LogP contribution in [0, 0.1) is 20.8 Å². The molecule has 1 aliphatic rings.